The molecule has 4 rings (SSSR count). The molecule has 0 spiro atoms. The van der Waals surface area contributed by atoms with Crippen molar-refractivity contribution in [1.29, 1.82) is 0 Å². The first-order valence-corrected chi connectivity index (χ1v) is 10.8. The van der Waals surface area contributed by atoms with Crippen molar-refractivity contribution in [3.63, 3.8) is 0 Å². The molecule has 0 atom stereocenters. The second-order valence-corrected chi connectivity index (χ2v) is 8.64. The number of anilines is 2. The van der Waals surface area contributed by atoms with Crippen molar-refractivity contribution in [1.82, 2.24) is 14.9 Å². The van der Waals surface area contributed by atoms with Gasteiger partial charge < -0.3 is 15.5 Å². The van der Waals surface area contributed by atoms with Gasteiger partial charge in [-0.05, 0) is 61.5 Å². The average molecular weight is 406 g/mol. The van der Waals surface area contributed by atoms with Crippen molar-refractivity contribution in [2.45, 2.75) is 23.3 Å². The summed E-state index contributed by atoms with van der Waals surface area (Å²) >= 11 is 1.65. The molecule has 1 aliphatic rings. The second kappa shape index (κ2) is 8.84. The van der Waals surface area contributed by atoms with Crippen LogP contribution in [0.5, 0.6) is 0 Å². The molecule has 1 aliphatic heterocycles. The SMILES string of the molecule is Cc1cnc(Cc2ccc(N3CCN(C)CC3)cc2)nc1Sc1ccc(N)cc1. The normalized spacial score (nSPS) is 14.9. The first kappa shape index (κ1) is 19.7. The van der Waals surface area contributed by atoms with Crippen LogP contribution in [0.25, 0.3) is 0 Å². The Labute approximate surface area is 177 Å². The summed E-state index contributed by atoms with van der Waals surface area (Å²) in [6.45, 7) is 6.46. The zero-order valence-electron chi connectivity index (χ0n) is 17.0. The minimum atomic E-state index is 0.735. The number of nitrogens with zero attached hydrogens (tertiary/aromatic N) is 4. The summed E-state index contributed by atoms with van der Waals surface area (Å²) in [5.74, 6) is 0.848. The predicted octanol–water partition coefficient (Wildman–Crippen LogP) is 3.86. The van der Waals surface area contributed by atoms with Crippen LogP contribution in [0.4, 0.5) is 11.4 Å². The minimum Gasteiger partial charge on any atom is -0.399 e. The van der Waals surface area contributed by atoms with Crippen molar-refractivity contribution in [2.75, 3.05) is 43.9 Å². The van der Waals surface area contributed by atoms with Gasteiger partial charge in [0.15, 0.2) is 0 Å². The monoisotopic (exact) mass is 405 g/mol. The number of piperazine rings is 1. The average Bonchev–Trinajstić information content (AvgIpc) is 2.73. The van der Waals surface area contributed by atoms with Crippen LogP contribution < -0.4 is 10.6 Å². The molecule has 0 radical (unpaired) electrons. The molecule has 5 nitrogen and oxygen atoms in total. The second-order valence-electron chi connectivity index (χ2n) is 7.58. The maximum absolute atomic E-state index is 5.78. The molecule has 3 aromatic rings. The van der Waals surface area contributed by atoms with Crippen molar-refractivity contribution in [3.05, 3.63) is 71.7 Å². The summed E-state index contributed by atoms with van der Waals surface area (Å²) < 4.78 is 0. The van der Waals surface area contributed by atoms with Gasteiger partial charge in [0.2, 0.25) is 0 Å². The molecule has 0 saturated carbocycles. The van der Waals surface area contributed by atoms with E-state index in [1.54, 1.807) is 11.8 Å². The Morgan fingerprint density at radius 1 is 0.966 bits per heavy atom. The third-order valence-corrected chi connectivity index (χ3v) is 6.35. The largest absolute Gasteiger partial charge is 0.399 e. The summed E-state index contributed by atoms with van der Waals surface area (Å²) in [7, 11) is 2.18. The summed E-state index contributed by atoms with van der Waals surface area (Å²) in [6, 6.07) is 16.7. The molecule has 1 saturated heterocycles. The third-order valence-electron chi connectivity index (χ3n) is 5.24. The molecule has 0 amide bonds. The molecule has 0 unspecified atom stereocenters. The lowest BCUT2D eigenvalue weighted by molar-refractivity contribution is 0.313. The maximum atomic E-state index is 5.78. The molecule has 150 valence electrons. The molecule has 29 heavy (non-hydrogen) atoms. The van der Waals surface area contributed by atoms with E-state index in [4.69, 9.17) is 10.7 Å². The van der Waals surface area contributed by atoms with E-state index in [0.717, 1.165) is 59.6 Å². The van der Waals surface area contributed by atoms with Gasteiger partial charge in [-0.15, -0.1) is 0 Å². The molecule has 1 fully saturated rings. The summed E-state index contributed by atoms with van der Waals surface area (Å²) in [6.07, 6.45) is 2.65. The number of hydrogen-bond acceptors (Lipinski definition) is 6. The highest BCUT2D eigenvalue weighted by Gasteiger charge is 2.14. The van der Waals surface area contributed by atoms with E-state index < -0.39 is 0 Å². The first-order valence-electron chi connectivity index (χ1n) is 9.95. The molecule has 0 aliphatic carbocycles. The van der Waals surface area contributed by atoms with Gasteiger partial charge in [0.25, 0.3) is 0 Å². The lowest BCUT2D eigenvalue weighted by atomic mass is 10.1. The Bertz CT molecular complexity index is 948. The van der Waals surface area contributed by atoms with Gasteiger partial charge in [0.1, 0.15) is 10.9 Å². The Morgan fingerprint density at radius 2 is 1.66 bits per heavy atom. The van der Waals surface area contributed by atoms with Crippen molar-refractivity contribution in [3.8, 4) is 0 Å². The molecule has 0 bridgehead atoms. The standard InChI is InChI=1S/C23H27N5S/c1-17-16-25-22(26-23(17)29-21-9-5-19(24)6-10-21)15-18-3-7-20(8-4-18)28-13-11-27(2)12-14-28/h3-10,16H,11-15,24H2,1-2H3. The molecule has 2 heterocycles. The van der Waals surface area contributed by atoms with E-state index in [2.05, 4.69) is 46.1 Å². The lowest BCUT2D eigenvalue weighted by Crippen LogP contribution is -2.44. The van der Waals surface area contributed by atoms with E-state index >= 15 is 0 Å². The molecule has 2 N–H and O–H groups in total. The summed E-state index contributed by atoms with van der Waals surface area (Å²) in [5.41, 5.74) is 10.2. The fourth-order valence-corrected chi connectivity index (χ4v) is 4.23. The van der Waals surface area contributed by atoms with Crippen molar-refractivity contribution >= 4 is 23.1 Å². The molecule has 2 aromatic carbocycles. The number of aryl methyl sites for hydroxylation is 1. The van der Waals surface area contributed by atoms with Crippen LogP contribution in [-0.2, 0) is 6.42 Å². The van der Waals surface area contributed by atoms with E-state index in [-0.39, 0.29) is 0 Å². The zero-order valence-corrected chi connectivity index (χ0v) is 17.8. The van der Waals surface area contributed by atoms with Crippen LogP contribution >= 0.6 is 11.8 Å². The fourth-order valence-electron chi connectivity index (χ4n) is 3.37. The van der Waals surface area contributed by atoms with Crippen LogP contribution in [0.1, 0.15) is 17.0 Å². The number of aromatic nitrogens is 2. The van der Waals surface area contributed by atoms with Gasteiger partial charge in [0.05, 0.1) is 0 Å². The van der Waals surface area contributed by atoms with Gasteiger partial charge in [0, 0.05) is 55.1 Å². The minimum absolute atomic E-state index is 0.735. The first-order chi connectivity index (χ1) is 14.1. The van der Waals surface area contributed by atoms with E-state index in [9.17, 15) is 0 Å². The fraction of sp³-hybridized carbons (Fsp3) is 0.304. The van der Waals surface area contributed by atoms with Gasteiger partial charge in [-0.3, -0.25) is 0 Å². The van der Waals surface area contributed by atoms with E-state index in [1.807, 2.05) is 37.4 Å². The van der Waals surface area contributed by atoms with Crippen LogP contribution in [0.15, 0.2) is 64.6 Å². The number of nitrogens with two attached hydrogens (primary N) is 1. The van der Waals surface area contributed by atoms with Crippen LogP contribution in [-0.4, -0.2) is 48.1 Å². The Morgan fingerprint density at radius 3 is 2.34 bits per heavy atom. The van der Waals surface area contributed by atoms with Gasteiger partial charge in [-0.2, -0.15) is 0 Å². The summed E-state index contributed by atoms with van der Waals surface area (Å²) in [5, 5.41) is 0.994. The predicted molar refractivity (Wildman–Crippen MR) is 121 cm³/mol. The number of nitrogen functional groups attached to an aromatic ring is 1. The lowest BCUT2D eigenvalue weighted by Gasteiger charge is -2.34. The number of hydrogen-bond donors (Lipinski definition) is 1. The number of rotatable bonds is 5. The Kier molecular flexibility index (Phi) is 6.02. The maximum Gasteiger partial charge on any atom is 0.133 e. The number of benzene rings is 2. The third kappa shape index (κ3) is 5.08. The highest BCUT2D eigenvalue weighted by molar-refractivity contribution is 7.99. The van der Waals surface area contributed by atoms with Crippen LogP contribution in [0.3, 0.4) is 0 Å². The highest BCUT2D eigenvalue weighted by Crippen LogP contribution is 2.29. The molecule has 1 aromatic heterocycles. The van der Waals surface area contributed by atoms with Crippen LogP contribution in [0.2, 0.25) is 0 Å². The van der Waals surface area contributed by atoms with Crippen molar-refractivity contribution in [2.24, 2.45) is 0 Å². The molecular formula is C23H27N5S. The van der Waals surface area contributed by atoms with Gasteiger partial charge >= 0.3 is 0 Å². The van der Waals surface area contributed by atoms with E-state index in [0.29, 0.717) is 0 Å². The smallest absolute Gasteiger partial charge is 0.133 e. The zero-order chi connectivity index (χ0) is 20.2. The van der Waals surface area contributed by atoms with Gasteiger partial charge in [-0.1, -0.05) is 23.9 Å². The Balaban J connectivity index is 1.44. The highest BCUT2D eigenvalue weighted by atomic mass is 32.2. The van der Waals surface area contributed by atoms with Crippen LogP contribution in [0, 0.1) is 6.92 Å². The molecule has 6 heteroatoms. The topological polar surface area (TPSA) is 58.3 Å². The summed E-state index contributed by atoms with van der Waals surface area (Å²) in [4.78, 5) is 15.3. The number of likely N-dealkylation sites (N-methyl/N-ethyl adjacent to an activating group) is 1. The Hall–Kier alpha value is -2.57. The van der Waals surface area contributed by atoms with E-state index in [1.165, 1.54) is 11.3 Å². The van der Waals surface area contributed by atoms with Gasteiger partial charge in [-0.25, -0.2) is 9.97 Å². The quantitative estimate of drug-likeness (QED) is 0.514. The van der Waals surface area contributed by atoms with Crippen molar-refractivity contribution < 1.29 is 0 Å². The molecular weight excluding hydrogens is 378 g/mol.